The van der Waals surface area contributed by atoms with Gasteiger partial charge in [0.1, 0.15) is 0 Å². The summed E-state index contributed by atoms with van der Waals surface area (Å²) in [6, 6.07) is 0. The van der Waals surface area contributed by atoms with Crippen molar-refractivity contribution in [2.45, 2.75) is 0 Å². The number of hydrogen-bond acceptors (Lipinski definition) is 1. The van der Waals surface area contributed by atoms with Crippen LogP contribution in [0.4, 0.5) is 0 Å². The molecule has 0 radical (unpaired) electrons. The van der Waals surface area contributed by atoms with Crippen molar-refractivity contribution in [2.24, 2.45) is 0 Å². The molecule has 0 rings (SSSR count). The van der Waals surface area contributed by atoms with Crippen LogP contribution in [-0.2, 0) is 26.5 Å². The predicted molar refractivity (Wildman–Crippen MR) is 12.3 cm³/mol. The number of carboxylic acid groups (broad SMARTS) is 1. The van der Waals surface area contributed by atoms with Gasteiger partial charge in [0.25, 0.3) is 6.47 Å². The molecule has 0 saturated carbocycles. The zero-order valence-corrected chi connectivity index (χ0v) is 3.99. The van der Waals surface area contributed by atoms with Gasteiger partial charge in [-0.1, -0.05) is 0 Å². The fourth-order valence-corrected chi connectivity index (χ4v) is 0. The third kappa shape index (κ3) is 915. The summed E-state index contributed by atoms with van der Waals surface area (Å²) in [4.78, 5) is 8.36. The van der Waals surface area contributed by atoms with Crippen molar-refractivity contribution in [3.8, 4) is 0 Å². The zero-order chi connectivity index (χ0) is 2.71. The molecule has 0 atom stereocenters. The van der Waals surface area contributed by atoms with Gasteiger partial charge in [-0.05, 0) is 0 Å². The minimum atomic E-state index is -0.250. The third-order valence-corrected chi connectivity index (χ3v) is 0. The van der Waals surface area contributed by atoms with Crippen LogP contribution in [0.25, 0.3) is 0 Å². The maximum atomic E-state index is 8.36. The molecule has 0 aromatic rings. The summed E-state index contributed by atoms with van der Waals surface area (Å²) in [5, 5.41) is 6.89. The van der Waals surface area contributed by atoms with Crippen LogP contribution < -0.4 is 0 Å². The van der Waals surface area contributed by atoms with Crippen molar-refractivity contribution in [3.63, 3.8) is 0 Å². The molecule has 0 heterocycles. The topological polar surface area (TPSA) is 68.8 Å². The summed E-state index contributed by atoms with van der Waals surface area (Å²) in [5.41, 5.74) is 0. The van der Waals surface area contributed by atoms with E-state index in [1.807, 2.05) is 0 Å². The van der Waals surface area contributed by atoms with E-state index in [0.717, 1.165) is 0 Å². The van der Waals surface area contributed by atoms with E-state index in [9.17, 15) is 0 Å². The fraction of sp³-hybridized carbons (Fsp3) is 0. The number of carbonyl (C=O) groups is 1. The molecule has 30 valence electrons. The standard InChI is InChI=1S/CH2O2.H2O.Ti/c2-1-3;;/h1H,(H,2,3);1H2;. The van der Waals surface area contributed by atoms with E-state index < -0.39 is 0 Å². The Balaban J connectivity index is -0.0000000200. The number of hydrogen-bond donors (Lipinski definition) is 1. The van der Waals surface area contributed by atoms with E-state index >= 15 is 0 Å². The monoisotopic (exact) mass is 112 g/mol. The number of rotatable bonds is 0. The summed E-state index contributed by atoms with van der Waals surface area (Å²) in [6.07, 6.45) is 0. The molecule has 0 aliphatic rings. The van der Waals surface area contributed by atoms with Gasteiger partial charge in [0.2, 0.25) is 0 Å². The van der Waals surface area contributed by atoms with E-state index in [2.05, 4.69) is 0 Å². The van der Waals surface area contributed by atoms with Gasteiger partial charge in [-0.3, -0.25) is 4.79 Å². The van der Waals surface area contributed by atoms with Gasteiger partial charge in [-0.15, -0.1) is 0 Å². The Kier molecular flexibility index (Phi) is 120. The normalized spacial score (nSPS) is 2.40. The van der Waals surface area contributed by atoms with Gasteiger partial charge in [0.15, 0.2) is 0 Å². The summed E-state index contributed by atoms with van der Waals surface area (Å²) in [6.45, 7) is -0.250. The third-order valence-electron chi connectivity index (χ3n) is 0. The van der Waals surface area contributed by atoms with Crippen molar-refractivity contribution in [1.29, 1.82) is 0 Å². The van der Waals surface area contributed by atoms with Crippen molar-refractivity contribution in [3.05, 3.63) is 0 Å². The molecule has 5 heavy (non-hydrogen) atoms. The van der Waals surface area contributed by atoms with Crippen LogP contribution in [0.2, 0.25) is 0 Å². The zero-order valence-electron chi connectivity index (χ0n) is 2.43. The molecule has 0 aliphatic carbocycles. The van der Waals surface area contributed by atoms with Crippen molar-refractivity contribution >= 4 is 6.47 Å². The van der Waals surface area contributed by atoms with Crippen LogP contribution in [0.5, 0.6) is 0 Å². The van der Waals surface area contributed by atoms with Gasteiger partial charge < -0.3 is 10.6 Å². The van der Waals surface area contributed by atoms with Crippen LogP contribution in [0, 0.1) is 0 Å². The van der Waals surface area contributed by atoms with Crippen LogP contribution in [0.1, 0.15) is 0 Å². The fourth-order valence-electron chi connectivity index (χ4n) is 0. The second-order valence-corrected chi connectivity index (χ2v) is 0.105. The first-order valence-electron chi connectivity index (χ1n) is 0.494. The molecular formula is CH4O3Ti. The first kappa shape index (κ1) is 19.2. The van der Waals surface area contributed by atoms with E-state index in [0.29, 0.717) is 0 Å². The van der Waals surface area contributed by atoms with Crippen molar-refractivity contribution in [2.75, 3.05) is 0 Å². The Bertz CT molecular complexity index is 14.4. The molecule has 0 spiro atoms. The Morgan fingerprint density at radius 3 is 1.60 bits per heavy atom. The molecule has 0 fully saturated rings. The summed E-state index contributed by atoms with van der Waals surface area (Å²) in [5.74, 6) is 0. The van der Waals surface area contributed by atoms with E-state index in [-0.39, 0.29) is 33.7 Å². The minimum Gasteiger partial charge on any atom is -0.483 e. The molecule has 0 aliphatic heterocycles. The van der Waals surface area contributed by atoms with E-state index in [4.69, 9.17) is 9.90 Å². The van der Waals surface area contributed by atoms with Gasteiger partial charge in [0, 0.05) is 21.7 Å². The molecule has 0 unspecified atom stereocenters. The van der Waals surface area contributed by atoms with Crippen LogP contribution in [-0.4, -0.2) is 17.1 Å². The van der Waals surface area contributed by atoms with Gasteiger partial charge in [-0.2, -0.15) is 0 Å². The van der Waals surface area contributed by atoms with E-state index in [1.54, 1.807) is 0 Å². The molecule has 0 aromatic carbocycles. The summed E-state index contributed by atoms with van der Waals surface area (Å²) in [7, 11) is 0. The van der Waals surface area contributed by atoms with Crippen LogP contribution in [0.3, 0.4) is 0 Å². The van der Waals surface area contributed by atoms with Crippen LogP contribution >= 0.6 is 0 Å². The summed E-state index contributed by atoms with van der Waals surface area (Å²) < 4.78 is 0. The Morgan fingerprint density at radius 1 is 1.60 bits per heavy atom. The summed E-state index contributed by atoms with van der Waals surface area (Å²) >= 11 is 0. The first-order valence-corrected chi connectivity index (χ1v) is 0.494. The molecule has 0 amide bonds. The quantitative estimate of drug-likeness (QED) is 0.318. The van der Waals surface area contributed by atoms with Crippen molar-refractivity contribution < 1.29 is 37.1 Å². The average Bonchev–Trinajstić information content (AvgIpc) is 0.918. The smallest absolute Gasteiger partial charge is 0.290 e. The van der Waals surface area contributed by atoms with Gasteiger partial charge in [0.05, 0.1) is 0 Å². The Morgan fingerprint density at radius 2 is 1.60 bits per heavy atom. The molecule has 3 nitrogen and oxygen atoms in total. The molecule has 3 N–H and O–H groups in total. The largest absolute Gasteiger partial charge is 0.483 e. The molecule has 0 bridgehead atoms. The predicted octanol–water partition coefficient (Wildman–Crippen LogP) is -1.13. The van der Waals surface area contributed by atoms with E-state index in [1.165, 1.54) is 0 Å². The van der Waals surface area contributed by atoms with Gasteiger partial charge >= 0.3 is 0 Å². The second-order valence-electron chi connectivity index (χ2n) is 0.105. The SMILES string of the molecule is O.O=CO.[Ti]. The molecular weight excluding hydrogens is 108 g/mol. The molecule has 0 aromatic heterocycles. The second kappa shape index (κ2) is 31.3. The molecule has 4 heteroatoms. The maximum absolute atomic E-state index is 8.36. The average molecular weight is 112 g/mol. The maximum Gasteiger partial charge on any atom is 0.290 e. The Hall–Kier alpha value is 0.144. The molecule has 0 saturated heterocycles. The minimum absolute atomic E-state index is 0. The Labute approximate surface area is 44.2 Å². The van der Waals surface area contributed by atoms with Crippen LogP contribution in [0.15, 0.2) is 0 Å². The first-order chi connectivity index (χ1) is 1.41. The van der Waals surface area contributed by atoms with Crippen molar-refractivity contribution in [1.82, 2.24) is 0 Å². The van der Waals surface area contributed by atoms with Gasteiger partial charge in [-0.25, -0.2) is 0 Å².